The summed E-state index contributed by atoms with van der Waals surface area (Å²) in [6.45, 7) is 2.90. The highest BCUT2D eigenvalue weighted by Crippen LogP contribution is 2.43. The average molecular weight is 551 g/mol. The van der Waals surface area contributed by atoms with Gasteiger partial charge < -0.3 is 15.2 Å². The number of carbonyl (C=O) groups is 2. The van der Waals surface area contributed by atoms with Gasteiger partial charge in [0.25, 0.3) is 0 Å². The molecule has 2 aromatic rings. The van der Waals surface area contributed by atoms with Gasteiger partial charge in [-0.15, -0.1) is 0 Å². The van der Waals surface area contributed by atoms with E-state index in [1.54, 1.807) is 30.3 Å². The Hall–Kier alpha value is -4.14. The molecule has 39 heavy (non-hydrogen) atoms. The molecule has 0 aliphatic carbocycles. The summed E-state index contributed by atoms with van der Waals surface area (Å²) >= 11 is 0. The number of allylic oxidation sites excluding steroid dienone is 1. The molecule has 0 amide bonds. The zero-order chi connectivity index (χ0) is 28.3. The van der Waals surface area contributed by atoms with Crippen LogP contribution in [0.4, 0.5) is 5.69 Å². The lowest BCUT2D eigenvalue weighted by molar-refractivity contribution is -0.139. The maximum Gasteiger partial charge on any atom is 0.355 e. The van der Waals surface area contributed by atoms with Crippen molar-refractivity contribution in [3.05, 3.63) is 82.8 Å². The van der Waals surface area contributed by atoms with E-state index in [1.165, 1.54) is 40.6 Å². The topological polar surface area (TPSA) is 143 Å². The van der Waals surface area contributed by atoms with Gasteiger partial charge in [0.05, 0.1) is 42.2 Å². The Labute approximate surface area is 227 Å². The first-order valence-corrected chi connectivity index (χ1v) is 13.9. The van der Waals surface area contributed by atoms with Crippen molar-refractivity contribution in [3.63, 3.8) is 0 Å². The number of esters is 2. The highest BCUT2D eigenvalue weighted by atomic mass is 32.2. The van der Waals surface area contributed by atoms with Crippen LogP contribution in [-0.4, -0.2) is 52.0 Å². The van der Waals surface area contributed by atoms with Crippen LogP contribution in [0.3, 0.4) is 0 Å². The molecule has 2 unspecified atom stereocenters. The molecule has 0 aromatic heterocycles. The minimum Gasteiger partial charge on any atom is -0.466 e. The number of rotatable bonds is 6. The molecular formula is C28H30N4O6S. The van der Waals surface area contributed by atoms with Crippen LogP contribution >= 0.6 is 0 Å². The van der Waals surface area contributed by atoms with Crippen LogP contribution in [0.1, 0.15) is 31.2 Å². The second-order valence-electron chi connectivity index (χ2n) is 9.44. The Morgan fingerprint density at radius 3 is 2.23 bits per heavy atom. The van der Waals surface area contributed by atoms with Crippen molar-refractivity contribution >= 4 is 27.6 Å². The Balaban J connectivity index is 1.87. The van der Waals surface area contributed by atoms with Crippen LogP contribution in [0.25, 0.3) is 0 Å². The van der Waals surface area contributed by atoms with Gasteiger partial charge in [-0.3, -0.25) is 4.90 Å². The lowest BCUT2D eigenvalue weighted by Crippen LogP contribution is -2.41. The van der Waals surface area contributed by atoms with E-state index in [-0.39, 0.29) is 39.2 Å². The number of sulfonamides is 1. The van der Waals surface area contributed by atoms with E-state index in [4.69, 9.17) is 15.2 Å². The van der Waals surface area contributed by atoms with Gasteiger partial charge in [0, 0.05) is 18.8 Å². The van der Waals surface area contributed by atoms with E-state index in [1.807, 2.05) is 6.92 Å². The normalized spacial score (nSPS) is 20.4. The minimum atomic E-state index is -3.74. The molecule has 2 aliphatic rings. The number of nitriles is 1. The van der Waals surface area contributed by atoms with Crippen molar-refractivity contribution in [1.29, 1.82) is 5.26 Å². The summed E-state index contributed by atoms with van der Waals surface area (Å²) in [6.07, 6.45) is 1.76. The Kier molecular flexibility index (Phi) is 8.09. The van der Waals surface area contributed by atoms with Crippen molar-refractivity contribution in [3.8, 4) is 6.07 Å². The fraction of sp³-hybridized carbons (Fsp3) is 0.321. The summed E-state index contributed by atoms with van der Waals surface area (Å²) in [6, 6.07) is 16.5. The SMILES string of the molecule is COC(=O)C1=C(C(=O)OC)N(c2ccc(S(=O)(=O)N3CCCC(C)C3)cc2)C(N)=C(C#N)C1c1ccccc1. The van der Waals surface area contributed by atoms with Crippen molar-refractivity contribution in [2.45, 2.75) is 30.6 Å². The molecule has 2 N–H and O–H groups in total. The van der Waals surface area contributed by atoms with Crippen molar-refractivity contribution in [2.24, 2.45) is 11.7 Å². The van der Waals surface area contributed by atoms with Gasteiger partial charge in [-0.05, 0) is 48.6 Å². The molecule has 204 valence electrons. The van der Waals surface area contributed by atoms with Crippen LogP contribution in [-0.2, 0) is 29.1 Å². The average Bonchev–Trinajstić information content (AvgIpc) is 2.96. The Morgan fingerprint density at radius 2 is 1.67 bits per heavy atom. The number of anilines is 1. The Bertz CT molecular complexity index is 1480. The molecule has 2 aromatic carbocycles. The van der Waals surface area contributed by atoms with Gasteiger partial charge in [0.2, 0.25) is 10.0 Å². The zero-order valence-corrected chi connectivity index (χ0v) is 22.8. The summed E-state index contributed by atoms with van der Waals surface area (Å²) in [4.78, 5) is 27.6. The number of hydrogen-bond acceptors (Lipinski definition) is 9. The number of methoxy groups -OCH3 is 2. The number of hydrogen-bond donors (Lipinski definition) is 1. The summed E-state index contributed by atoms with van der Waals surface area (Å²) < 4.78 is 38.1. The fourth-order valence-corrected chi connectivity index (χ4v) is 6.66. The van der Waals surface area contributed by atoms with Crippen molar-refractivity contribution in [1.82, 2.24) is 4.31 Å². The zero-order valence-electron chi connectivity index (χ0n) is 22.0. The number of carbonyl (C=O) groups excluding carboxylic acids is 2. The molecule has 0 radical (unpaired) electrons. The molecule has 0 bridgehead atoms. The molecule has 10 nitrogen and oxygen atoms in total. The number of nitrogens with two attached hydrogens (primary N) is 1. The van der Waals surface area contributed by atoms with Gasteiger partial charge in [0.15, 0.2) is 0 Å². The monoisotopic (exact) mass is 550 g/mol. The first kappa shape index (κ1) is 27.9. The molecule has 1 saturated heterocycles. The Morgan fingerprint density at radius 1 is 1.03 bits per heavy atom. The van der Waals surface area contributed by atoms with Crippen LogP contribution in [0.2, 0.25) is 0 Å². The van der Waals surface area contributed by atoms with Crippen molar-refractivity contribution in [2.75, 3.05) is 32.2 Å². The molecule has 1 fully saturated rings. The van der Waals surface area contributed by atoms with Crippen LogP contribution in [0.5, 0.6) is 0 Å². The van der Waals surface area contributed by atoms with E-state index in [0.29, 0.717) is 18.7 Å². The molecule has 11 heteroatoms. The van der Waals surface area contributed by atoms with E-state index in [0.717, 1.165) is 20.0 Å². The highest BCUT2D eigenvalue weighted by molar-refractivity contribution is 7.89. The predicted molar refractivity (Wildman–Crippen MR) is 143 cm³/mol. The third-order valence-corrected chi connectivity index (χ3v) is 8.84. The number of nitrogens with zero attached hydrogens (tertiary/aromatic N) is 3. The molecule has 2 heterocycles. The van der Waals surface area contributed by atoms with Gasteiger partial charge in [-0.1, -0.05) is 37.3 Å². The maximum absolute atomic E-state index is 13.3. The summed E-state index contributed by atoms with van der Waals surface area (Å²) in [5.74, 6) is -2.55. The lowest BCUT2D eigenvalue weighted by Gasteiger charge is -2.36. The predicted octanol–water partition coefficient (Wildman–Crippen LogP) is 3.00. The van der Waals surface area contributed by atoms with Gasteiger partial charge >= 0.3 is 11.9 Å². The molecule has 4 rings (SSSR count). The summed E-state index contributed by atoms with van der Waals surface area (Å²) in [7, 11) is -1.40. The first-order valence-electron chi connectivity index (χ1n) is 12.4. The largest absolute Gasteiger partial charge is 0.466 e. The van der Waals surface area contributed by atoms with E-state index in [2.05, 4.69) is 6.07 Å². The summed E-state index contributed by atoms with van der Waals surface area (Å²) in [5, 5.41) is 10.1. The number of benzene rings is 2. The van der Waals surface area contributed by atoms with E-state index >= 15 is 0 Å². The highest BCUT2D eigenvalue weighted by Gasteiger charge is 2.43. The quantitative estimate of drug-likeness (QED) is 0.537. The van der Waals surface area contributed by atoms with E-state index < -0.39 is 27.9 Å². The fourth-order valence-electron chi connectivity index (χ4n) is 5.06. The number of ether oxygens (including phenoxy) is 2. The van der Waals surface area contributed by atoms with Crippen LogP contribution < -0.4 is 10.6 Å². The maximum atomic E-state index is 13.3. The minimum absolute atomic E-state index is 0.0215. The molecule has 2 atom stereocenters. The summed E-state index contributed by atoms with van der Waals surface area (Å²) in [5.41, 5.74) is 6.98. The second-order valence-corrected chi connectivity index (χ2v) is 11.4. The third kappa shape index (κ3) is 5.13. The van der Waals surface area contributed by atoms with E-state index in [9.17, 15) is 23.3 Å². The number of piperidine rings is 1. The van der Waals surface area contributed by atoms with Crippen molar-refractivity contribution < 1.29 is 27.5 Å². The molecule has 0 saturated carbocycles. The van der Waals surface area contributed by atoms with Crippen LogP contribution in [0, 0.1) is 17.2 Å². The standard InChI is InChI=1S/C28H30N4O6S/c1-18-8-7-15-31(17-18)39(35,36)21-13-11-20(12-14-21)32-25(28(34)38-3)24(27(33)37-2)23(22(16-29)26(32)30)19-9-5-4-6-10-19/h4-6,9-14,18,23H,7-8,15,17,30H2,1-3H3. The third-order valence-electron chi connectivity index (χ3n) is 6.96. The van der Waals surface area contributed by atoms with Gasteiger partial charge in [-0.2, -0.15) is 9.57 Å². The molecule has 0 spiro atoms. The van der Waals surface area contributed by atoms with Crippen LogP contribution in [0.15, 0.2) is 82.2 Å². The van der Waals surface area contributed by atoms with Gasteiger partial charge in [-0.25, -0.2) is 18.0 Å². The smallest absolute Gasteiger partial charge is 0.355 e. The first-order chi connectivity index (χ1) is 18.6. The van der Waals surface area contributed by atoms with Gasteiger partial charge in [0.1, 0.15) is 11.5 Å². The molecular weight excluding hydrogens is 520 g/mol. The molecule has 2 aliphatic heterocycles. The lowest BCUT2D eigenvalue weighted by atomic mass is 9.81. The second kappa shape index (κ2) is 11.3.